The van der Waals surface area contributed by atoms with Gasteiger partial charge in [0.05, 0.1) is 6.61 Å². The summed E-state index contributed by atoms with van der Waals surface area (Å²) in [5, 5.41) is 8.38. The van der Waals surface area contributed by atoms with Crippen LogP contribution in [0.4, 0.5) is 0 Å². The molecule has 2 nitrogen and oxygen atoms in total. The summed E-state index contributed by atoms with van der Waals surface area (Å²) in [6, 6.07) is 0. The Kier molecular flexibility index (Phi) is 4.17. The Morgan fingerprint density at radius 1 is 1.75 bits per heavy atom. The fraction of sp³-hybridized carbons (Fsp3) is 0.500. The fourth-order valence-corrected chi connectivity index (χ4v) is 0.387. The van der Waals surface area contributed by atoms with Gasteiger partial charge >= 0.3 is 0 Å². The molecule has 0 bridgehead atoms. The number of aliphatic hydroxyl groups is 1. The highest BCUT2D eigenvalue weighted by atomic mass is 16.3. The van der Waals surface area contributed by atoms with E-state index in [2.05, 4.69) is 6.58 Å². The Labute approximate surface area is 48.8 Å². The van der Waals surface area contributed by atoms with Gasteiger partial charge in [0.25, 0.3) is 0 Å². The monoisotopic (exact) mass is 114 g/mol. The highest BCUT2D eigenvalue weighted by molar-refractivity contribution is 5.53. The van der Waals surface area contributed by atoms with Crippen LogP contribution in [0.2, 0.25) is 0 Å². The summed E-state index contributed by atoms with van der Waals surface area (Å²) in [6.07, 6.45) is 2.93. The SMILES string of the molecule is C=CCC(C=O)CO. The van der Waals surface area contributed by atoms with Crippen LogP contribution in [0.5, 0.6) is 0 Å². The number of carbonyl (C=O) groups is 1. The summed E-state index contributed by atoms with van der Waals surface area (Å²) in [4.78, 5) is 9.92. The van der Waals surface area contributed by atoms with Gasteiger partial charge in [-0.05, 0) is 6.42 Å². The van der Waals surface area contributed by atoms with Crippen molar-refractivity contribution >= 4 is 6.29 Å². The van der Waals surface area contributed by atoms with Crippen LogP contribution in [0.25, 0.3) is 0 Å². The lowest BCUT2D eigenvalue weighted by Crippen LogP contribution is -2.04. The van der Waals surface area contributed by atoms with Gasteiger partial charge < -0.3 is 9.90 Å². The van der Waals surface area contributed by atoms with Gasteiger partial charge in [-0.15, -0.1) is 6.58 Å². The number of hydrogen-bond donors (Lipinski definition) is 1. The standard InChI is InChI=1S/C6H10O2/c1-2-3-6(4-7)5-8/h2,4,6,8H,1,3,5H2. The molecule has 0 heterocycles. The number of rotatable bonds is 4. The minimum atomic E-state index is -0.243. The first-order valence-corrected chi connectivity index (χ1v) is 2.52. The van der Waals surface area contributed by atoms with Gasteiger partial charge in [-0.2, -0.15) is 0 Å². The predicted molar refractivity (Wildman–Crippen MR) is 31.5 cm³/mol. The average molecular weight is 114 g/mol. The first-order valence-electron chi connectivity index (χ1n) is 2.52. The van der Waals surface area contributed by atoms with Crippen molar-refractivity contribution < 1.29 is 9.90 Å². The number of aldehydes is 1. The van der Waals surface area contributed by atoms with E-state index in [0.717, 1.165) is 6.29 Å². The molecule has 0 radical (unpaired) electrons. The maximum absolute atomic E-state index is 9.92. The van der Waals surface area contributed by atoms with Crippen LogP contribution < -0.4 is 0 Å². The van der Waals surface area contributed by atoms with E-state index in [1.54, 1.807) is 6.08 Å². The van der Waals surface area contributed by atoms with Gasteiger partial charge in [-0.1, -0.05) is 6.08 Å². The summed E-state index contributed by atoms with van der Waals surface area (Å²) >= 11 is 0. The summed E-state index contributed by atoms with van der Waals surface area (Å²) in [5.74, 6) is -0.243. The molecule has 0 saturated carbocycles. The smallest absolute Gasteiger partial charge is 0.125 e. The second-order valence-electron chi connectivity index (χ2n) is 1.60. The van der Waals surface area contributed by atoms with Crippen LogP contribution in [-0.4, -0.2) is 18.0 Å². The lowest BCUT2D eigenvalue weighted by atomic mass is 10.1. The number of carbonyl (C=O) groups excluding carboxylic acids is 1. The van der Waals surface area contributed by atoms with E-state index in [1.165, 1.54) is 0 Å². The van der Waals surface area contributed by atoms with Crippen molar-refractivity contribution in [3.05, 3.63) is 12.7 Å². The molecule has 0 aliphatic carbocycles. The average Bonchev–Trinajstić information content (AvgIpc) is 1.83. The van der Waals surface area contributed by atoms with Crippen molar-refractivity contribution in [1.29, 1.82) is 0 Å². The topological polar surface area (TPSA) is 37.3 Å². The maximum Gasteiger partial charge on any atom is 0.125 e. The minimum Gasteiger partial charge on any atom is -0.396 e. The molecule has 46 valence electrons. The molecule has 1 atom stereocenters. The van der Waals surface area contributed by atoms with Crippen molar-refractivity contribution in [2.45, 2.75) is 6.42 Å². The van der Waals surface area contributed by atoms with Gasteiger partial charge in [-0.25, -0.2) is 0 Å². The zero-order valence-electron chi connectivity index (χ0n) is 4.71. The molecule has 1 unspecified atom stereocenters. The summed E-state index contributed by atoms with van der Waals surface area (Å²) in [7, 11) is 0. The van der Waals surface area contributed by atoms with E-state index in [0.29, 0.717) is 6.42 Å². The molecular weight excluding hydrogens is 104 g/mol. The van der Waals surface area contributed by atoms with Crippen molar-refractivity contribution in [2.24, 2.45) is 5.92 Å². The fourth-order valence-electron chi connectivity index (χ4n) is 0.387. The minimum absolute atomic E-state index is 0.0739. The Bertz CT molecular complexity index is 78.6. The van der Waals surface area contributed by atoms with E-state index in [1.807, 2.05) is 0 Å². The Morgan fingerprint density at radius 3 is 2.50 bits per heavy atom. The van der Waals surface area contributed by atoms with Crippen LogP contribution in [0, 0.1) is 5.92 Å². The van der Waals surface area contributed by atoms with E-state index in [-0.39, 0.29) is 12.5 Å². The van der Waals surface area contributed by atoms with Crippen molar-refractivity contribution in [1.82, 2.24) is 0 Å². The van der Waals surface area contributed by atoms with E-state index < -0.39 is 0 Å². The quantitative estimate of drug-likeness (QED) is 0.423. The van der Waals surface area contributed by atoms with Gasteiger partial charge in [-0.3, -0.25) is 0 Å². The van der Waals surface area contributed by atoms with Crippen molar-refractivity contribution in [3.8, 4) is 0 Å². The first-order chi connectivity index (χ1) is 3.85. The van der Waals surface area contributed by atoms with Gasteiger partial charge in [0.1, 0.15) is 6.29 Å². The van der Waals surface area contributed by atoms with Crippen molar-refractivity contribution in [2.75, 3.05) is 6.61 Å². The van der Waals surface area contributed by atoms with Crippen LogP contribution in [0.1, 0.15) is 6.42 Å². The molecule has 0 saturated heterocycles. The Morgan fingerprint density at radius 2 is 2.38 bits per heavy atom. The third-order valence-corrected chi connectivity index (χ3v) is 0.896. The molecule has 0 aromatic heterocycles. The molecule has 0 spiro atoms. The summed E-state index contributed by atoms with van der Waals surface area (Å²) in [6.45, 7) is 3.35. The molecule has 0 aliphatic rings. The van der Waals surface area contributed by atoms with Crippen LogP contribution in [0.15, 0.2) is 12.7 Å². The summed E-state index contributed by atoms with van der Waals surface area (Å²) < 4.78 is 0. The molecule has 0 rings (SSSR count). The maximum atomic E-state index is 9.92. The molecule has 0 fully saturated rings. The molecule has 0 aromatic rings. The normalized spacial score (nSPS) is 12.6. The highest BCUT2D eigenvalue weighted by Crippen LogP contribution is 1.96. The lowest BCUT2D eigenvalue weighted by Gasteiger charge is -1.98. The zero-order valence-corrected chi connectivity index (χ0v) is 4.71. The van der Waals surface area contributed by atoms with E-state index >= 15 is 0 Å². The highest BCUT2D eigenvalue weighted by Gasteiger charge is 1.99. The van der Waals surface area contributed by atoms with Gasteiger partial charge in [0.2, 0.25) is 0 Å². The second kappa shape index (κ2) is 4.53. The Hall–Kier alpha value is -0.630. The van der Waals surface area contributed by atoms with Crippen molar-refractivity contribution in [3.63, 3.8) is 0 Å². The molecular formula is C6H10O2. The second-order valence-corrected chi connectivity index (χ2v) is 1.60. The van der Waals surface area contributed by atoms with Gasteiger partial charge in [0, 0.05) is 5.92 Å². The first kappa shape index (κ1) is 7.37. The molecule has 0 aromatic carbocycles. The van der Waals surface area contributed by atoms with Crippen LogP contribution in [0.3, 0.4) is 0 Å². The van der Waals surface area contributed by atoms with Crippen LogP contribution in [-0.2, 0) is 4.79 Å². The third kappa shape index (κ3) is 2.53. The number of hydrogen-bond acceptors (Lipinski definition) is 2. The molecule has 1 N–H and O–H groups in total. The van der Waals surface area contributed by atoms with Crippen LogP contribution >= 0.6 is 0 Å². The zero-order chi connectivity index (χ0) is 6.41. The third-order valence-electron chi connectivity index (χ3n) is 0.896. The Balaban J connectivity index is 3.35. The lowest BCUT2D eigenvalue weighted by molar-refractivity contribution is -0.112. The molecule has 2 heteroatoms. The molecule has 0 aliphatic heterocycles. The van der Waals surface area contributed by atoms with E-state index in [9.17, 15) is 4.79 Å². The van der Waals surface area contributed by atoms with Gasteiger partial charge in [0.15, 0.2) is 0 Å². The molecule has 8 heavy (non-hydrogen) atoms. The largest absolute Gasteiger partial charge is 0.396 e. The number of aliphatic hydroxyl groups excluding tert-OH is 1. The van der Waals surface area contributed by atoms with E-state index in [4.69, 9.17) is 5.11 Å². The number of allylic oxidation sites excluding steroid dienone is 1. The predicted octanol–water partition coefficient (Wildman–Crippen LogP) is 0.370. The molecule has 0 amide bonds. The summed E-state index contributed by atoms with van der Waals surface area (Å²) in [5.41, 5.74) is 0.